The first-order chi connectivity index (χ1) is 12.1. The normalized spacial score (nSPS) is 10.2. The molecule has 2 N–H and O–H groups in total. The summed E-state index contributed by atoms with van der Waals surface area (Å²) in [6.07, 6.45) is 4.10. The van der Waals surface area contributed by atoms with Gasteiger partial charge in [-0.1, -0.05) is 30.3 Å². The molecule has 3 rings (SSSR count). The lowest BCUT2D eigenvalue weighted by molar-refractivity contribution is 0.0697. The van der Waals surface area contributed by atoms with E-state index in [-0.39, 0.29) is 12.2 Å². The summed E-state index contributed by atoms with van der Waals surface area (Å²) in [4.78, 5) is 27.2. The Bertz CT molecular complexity index is 877. The van der Waals surface area contributed by atoms with Crippen LogP contribution in [-0.4, -0.2) is 26.7 Å². The molecule has 25 heavy (non-hydrogen) atoms. The number of carboxylic acids is 1. The summed E-state index contributed by atoms with van der Waals surface area (Å²) in [7, 11) is 0. The van der Waals surface area contributed by atoms with Crippen molar-refractivity contribution in [3.8, 4) is 5.69 Å². The van der Waals surface area contributed by atoms with Gasteiger partial charge in [0.25, 0.3) is 0 Å². The Morgan fingerprint density at radius 3 is 2.64 bits per heavy atom. The van der Waals surface area contributed by atoms with E-state index in [1.165, 1.54) is 24.5 Å². The van der Waals surface area contributed by atoms with Crippen LogP contribution in [0.1, 0.15) is 15.9 Å². The fraction of sp³-hybridized carbons (Fsp3) is 0.0556. The minimum absolute atomic E-state index is 0.104. The van der Waals surface area contributed by atoms with Crippen LogP contribution in [0.5, 0.6) is 0 Å². The Kier molecular flexibility index (Phi) is 4.75. The van der Waals surface area contributed by atoms with E-state index in [1.54, 1.807) is 17.0 Å². The highest BCUT2D eigenvalue weighted by Crippen LogP contribution is 2.22. The van der Waals surface area contributed by atoms with Crippen molar-refractivity contribution in [3.63, 3.8) is 0 Å². The lowest BCUT2D eigenvalue weighted by Crippen LogP contribution is -2.15. The van der Waals surface area contributed by atoms with Gasteiger partial charge in [0.2, 0.25) is 0 Å². The summed E-state index contributed by atoms with van der Waals surface area (Å²) in [6, 6.07) is 13.7. The highest BCUT2D eigenvalue weighted by Gasteiger charge is 2.13. The third-order valence-electron chi connectivity index (χ3n) is 3.48. The maximum absolute atomic E-state index is 12.1. The third kappa shape index (κ3) is 4.03. The fourth-order valence-electron chi connectivity index (χ4n) is 2.25. The minimum Gasteiger partial charge on any atom is -0.478 e. The van der Waals surface area contributed by atoms with Crippen LogP contribution in [-0.2, 0) is 11.3 Å². The molecule has 3 aromatic rings. The number of carbonyl (C=O) groups excluding carboxylic acids is 1. The molecule has 1 amide bonds. The van der Waals surface area contributed by atoms with Crippen LogP contribution in [0.15, 0.2) is 67.3 Å². The lowest BCUT2D eigenvalue weighted by Gasteiger charge is -2.13. The Balaban J connectivity index is 1.77. The molecule has 0 atom stereocenters. The minimum atomic E-state index is -1.06. The Morgan fingerprint density at radius 1 is 1.16 bits per heavy atom. The number of amides is 1. The topological polar surface area (TPSA) is 93.5 Å². The van der Waals surface area contributed by atoms with Crippen molar-refractivity contribution < 1.29 is 19.4 Å². The summed E-state index contributed by atoms with van der Waals surface area (Å²) >= 11 is 0. The molecule has 0 fully saturated rings. The van der Waals surface area contributed by atoms with Gasteiger partial charge in [-0.2, -0.15) is 0 Å². The molecule has 0 bridgehead atoms. The smallest absolute Gasteiger partial charge is 0.412 e. The maximum Gasteiger partial charge on any atom is 0.412 e. The van der Waals surface area contributed by atoms with E-state index in [2.05, 4.69) is 10.3 Å². The van der Waals surface area contributed by atoms with Gasteiger partial charge in [0, 0.05) is 12.4 Å². The van der Waals surface area contributed by atoms with Crippen molar-refractivity contribution in [2.75, 3.05) is 5.32 Å². The van der Waals surface area contributed by atoms with Crippen molar-refractivity contribution in [2.45, 2.75) is 6.61 Å². The summed E-state index contributed by atoms with van der Waals surface area (Å²) in [5.41, 5.74) is 1.87. The number of imidazole rings is 1. The number of aromatic nitrogens is 2. The SMILES string of the molecule is O=C(Nc1ccc(C(=O)O)cc1-n1ccnc1)OCc1ccccc1. The zero-order chi connectivity index (χ0) is 17.6. The molecule has 0 unspecified atom stereocenters. The van der Waals surface area contributed by atoms with Crippen molar-refractivity contribution in [1.29, 1.82) is 0 Å². The Labute approximate surface area is 143 Å². The molecular weight excluding hydrogens is 322 g/mol. The highest BCUT2D eigenvalue weighted by molar-refractivity contribution is 5.92. The summed E-state index contributed by atoms with van der Waals surface area (Å²) in [6.45, 7) is 0.139. The van der Waals surface area contributed by atoms with E-state index in [1.807, 2.05) is 30.3 Å². The predicted molar refractivity (Wildman–Crippen MR) is 90.8 cm³/mol. The van der Waals surface area contributed by atoms with Gasteiger partial charge in [-0.15, -0.1) is 0 Å². The zero-order valence-electron chi connectivity index (χ0n) is 13.1. The van der Waals surface area contributed by atoms with Crippen LogP contribution in [0, 0.1) is 0 Å². The van der Waals surface area contributed by atoms with Gasteiger partial charge in [0.15, 0.2) is 0 Å². The van der Waals surface area contributed by atoms with Crippen molar-refractivity contribution >= 4 is 17.7 Å². The van der Waals surface area contributed by atoms with Crippen molar-refractivity contribution in [1.82, 2.24) is 9.55 Å². The maximum atomic E-state index is 12.1. The first-order valence-electron chi connectivity index (χ1n) is 7.47. The summed E-state index contributed by atoms with van der Waals surface area (Å²) < 4.78 is 6.80. The van der Waals surface area contributed by atoms with Crippen LogP contribution in [0.4, 0.5) is 10.5 Å². The molecule has 0 radical (unpaired) electrons. The largest absolute Gasteiger partial charge is 0.478 e. The lowest BCUT2D eigenvalue weighted by atomic mass is 10.1. The molecule has 126 valence electrons. The summed E-state index contributed by atoms with van der Waals surface area (Å²) in [5, 5.41) is 11.8. The fourth-order valence-corrected chi connectivity index (χ4v) is 2.25. The van der Waals surface area contributed by atoms with Crippen LogP contribution in [0.2, 0.25) is 0 Å². The number of nitrogens with one attached hydrogen (secondary N) is 1. The second kappa shape index (κ2) is 7.31. The van der Waals surface area contributed by atoms with Gasteiger partial charge in [0.05, 0.1) is 23.3 Å². The van der Waals surface area contributed by atoms with Gasteiger partial charge in [-0.05, 0) is 23.8 Å². The molecule has 0 aliphatic carbocycles. The Morgan fingerprint density at radius 2 is 1.96 bits per heavy atom. The number of hydrogen-bond acceptors (Lipinski definition) is 4. The zero-order valence-corrected chi connectivity index (χ0v) is 13.1. The average Bonchev–Trinajstić information content (AvgIpc) is 3.15. The number of ether oxygens (including phenoxy) is 1. The molecular formula is C18H15N3O4. The van der Waals surface area contributed by atoms with Gasteiger partial charge in [0.1, 0.15) is 6.61 Å². The van der Waals surface area contributed by atoms with Crippen LogP contribution in [0.3, 0.4) is 0 Å². The van der Waals surface area contributed by atoms with Crippen LogP contribution >= 0.6 is 0 Å². The monoisotopic (exact) mass is 337 g/mol. The van der Waals surface area contributed by atoms with Gasteiger partial charge >= 0.3 is 12.1 Å². The third-order valence-corrected chi connectivity index (χ3v) is 3.48. The quantitative estimate of drug-likeness (QED) is 0.745. The van der Waals surface area contributed by atoms with Crippen LogP contribution in [0.25, 0.3) is 5.69 Å². The number of benzene rings is 2. The van der Waals surface area contributed by atoms with E-state index in [0.717, 1.165) is 5.56 Å². The highest BCUT2D eigenvalue weighted by atomic mass is 16.5. The van der Waals surface area contributed by atoms with E-state index in [4.69, 9.17) is 9.84 Å². The van der Waals surface area contributed by atoms with E-state index in [9.17, 15) is 9.59 Å². The second-order valence-corrected chi connectivity index (χ2v) is 5.19. The standard InChI is InChI=1S/C18H15N3O4/c22-17(23)14-6-7-15(16(10-14)21-9-8-19-12-21)20-18(24)25-11-13-4-2-1-3-5-13/h1-10,12H,11H2,(H,20,24)(H,22,23). The van der Waals surface area contributed by atoms with E-state index < -0.39 is 12.1 Å². The van der Waals surface area contributed by atoms with Crippen molar-refractivity contribution in [2.24, 2.45) is 0 Å². The number of carbonyl (C=O) groups is 2. The summed E-state index contributed by atoms with van der Waals surface area (Å²) in [5.74, 6) is -1.06. The molecule has 7 heteroatoms. The van der Waals surface area contributed by atoms with Crippen molar-refractivity contribution in [3.05, 3.63) is 78.4 Å². The number of hydrogen-bond donors (Lipinski definition) is 2. The molecule has 1 aromatic heterocycles. The first kappa shape index (κ1) is 16.3. The van der Waals surface area contributed by atoms with E-state index in [0.29, 0.717) is 11.4 Å². The van der Waals surface area contributed by atoms with E-state index >= 15 is 0 Å². The molecule has 0 aliphatic rings. The molecule has 0 spiro atoms. The number of aromatic carboxylic acids is 1. The molecule has 0 saturated carbocycles. The number of nitrogens with zero attached hydrogens (tertiary/aromatic N) is 2. The van der Waals surface area contributed by atoms with Gasteiger partial charge in [-0.25, -0.2) is 14.6 Å². The molecule has 0 aliphatic heterocycles. The number of anilines is 1. The Hall–Kier alpha value is -3.61. The number of rotatable bonds is 5. The molecule has 0 saturated heterocycles. The average molecular weight is 337 g/mol. The van der Waals surface area contributed by atoms with Gasteiger partial charge < -0.3 is 14.4 Å². The molecule has 7 nitrogen and oxygen atoms in total. The second-order valence-electron chi connectivity index (χ2n) is 5.19. The number of carboxylic acid groups (broad SMARTS) is 1. The van der Waals surface area contributed by atoms with Gasteiger partial charge in [-0.3, -0.25) is 5.32 Å². The molecule has 1 heterocycles. The van der Waals surface area contributed by atoms with Crippen LogP contribution < -0.4 is 5.32 Å². The first-order valence-corrected chi connectivity index (χ1v) is 7.47. The molecule has 2 aromatic carbocycles. The predicted octanol–water partition coefficient (Wildman–Crippen LogP) is 3.32.